The smallest absolute Gasteiger partial charge is 0.157 e. The van der Waals surface area contributed by atoms with Gasteiger partial charge in [0, 0.05) is 6.04 Å². The lowest BCUT2D eigenvalue weighted by molar-refractivity contribution is 0.374. The van der Waals surface area contributed by atoms with Crippen LogP contribution in [-0.2, 0) is 9.84 Å². The van der Waals surface area contributed by atoms with E-state index in [9.17, 15) is 8.42 Å². The molecule has 3 nitrogen and oxygen atoms in total. The van der Waals surface area contributed by atoms with Crippen molar-refractivity contribution in [3.8, 4) is 0 Å². The van der Waals surface area contributed by atoms with E-state index >= 15 is 0 Å². The number of hydrogen-bond acceptors (Lipinski definition) is 3. The standard InChI is InChI=1S/C13H25NO2S/c1-2-14-12-9-5-6-10-13(12)17(15,16)11-7-3-4-8-11/h11-14H,2-10H2,1H3. The fraction of sp³-hybridized carbons (Fsp3) is 1.00. The van der Waals surface area contributed by atoms with Gasteiger partial charge in [-0.15, -0.1) is 0 Å². The Morgan fingerprint density at radius 2 is 1.59 bits per heavy atom. The van der Waals surface area contributed by atoms with Gasteiger partial charge in [0.15, 0.2) is 9.84 Å². The first kappa shape index (κ1) is 13.3. The van der Waals surface area contributed by atoms with Gasteiger partial charge in [-0.05, 0) is 32.2 Å². The Bertz CT molecular complexity index is 331. The van der Waals surface area contributed by atoms with E-state index in [1.807, 2.05) is 0 Å². The van der Waals surface area contributed by atoms with Crippen molar-refractivity contribution in [3.05, 3.63) is 0 Å². The van der Waals surface area contributed by atoms with Crippen molar-refractivity contribution < 1.29 is 8.42 Å². The highest BCUT2D eigenvalue weighted by Crippen LogP contribution is 2.33. The highest BCUT2D eigenvalue weighted by molar-refractivity contribution is 7.92. The molecule has 2 saturated carbocycles. The molecular formula is C13H25NO2S. The summed E-state index contributed by atoms with van der Waals surface area (Å²) in [6.45, 7) is 2.94. The van der Waals surface area contributed by atoms with Gasteiger partial charge in [-0.2, -0.15) is 0 Å². The van der Waals surface area contributed by atoms with Crippen LogP contribution in [0.1, 0.15) is 58.3 Å². The Balaban J connectivity index is 2.11. The van der Waals surface area contributed by atoms with Crippen LogP contribution in [0.15, 0.2) is 0 Å². The first-order valence-corrected chi connectivity index (χ1v) is 8.73. The third-order valence-electron chi connectivity index (χ3n) is 4.36. The van der Waals surface area contributed by atoms with Gasteiger partial charge >= 0.3 is 0 Å². The van der Waals surface area contributed by atoms with Gasteiger partial charge in [0.05, 0.1) is 10.5 Å². The fourth-order valence-corrected chi connectivity index (χ4v) is 6.12. The molecule has 2 aliphatic rings. The molecule has 4 heteroatoms. The topological polar surface area (TPSA) is 46.2 Å². The third-order valence-corrected chi connectivity index (χ3v) is 7.17. The zero-order valence-electron chi connectivity index (χ0n) is 10.8. The fourth-order valence-electron chi connectivity index (χ4n) is 3.45. The molecule has 0 aliphatic heterocycles. The van der Waals surface area contributed by atoms with Crippen LogP contribution >= 0.6 is 0 Å². The molecule has 0 heterocycles. The zero-order valence-corrected chi connectivity index (χ0v) is 11.6. The summed E-state index contributed by atoms with van der Waals surface area (Å²) >= 11 is 0. The molecule has 0 saturated heterocycles. The lowest BCUT2D eigenvalue weighted by atomic mass is 9.95. The van der Waals surface area contributed by atoms with Crippen LogP contribution in [0, 0.1) is 0 Å². The highest BCUT2D eigenvalue weighted by atomic mass is 32.2. The zero-order chi connectivity index (χ0) is 12.3. The van der Waals surface area contributed by atoms with E-state index < -0.39 is 9.84 Å². The molecular weight excluding hydrogens is 234 g/mol. The van der Waals surface area contributed by atoms with Crippen molar-refractivity contribution in [1.29, 1.82) is 0 Å². The molecule has 0 amide bonds. The largest absolute Gasteiger partial charge is 0.313 e. The van der Waals surface area contributed by atoms with Crippen LogP contribution in [-0.4, -0.2) is 31.5 Å². The SMILES string of the molecule is CCNC1CCCCC1S(=O)(=O)C1CCCC1. The monoisotopic (exact) mass is 259 g/mol. The molecule has 2 unspecified atom stereocenters. The Morgan fingerprint density at radius 1 is 1.00 bits per heavy atom. The molecule has 100 valence electrons. The summed E-state index contributed by atoms with van der Waals surface area (Å²) in [5.74, 6) is 0. The highest BCUT2D eigenvalue weighted by Gasteiger charge is 2.40. The Kier molecular flexibility index (Phi) is 4.47. The van der Waals surface area contributed by atoms with Gasteiger partial charge in [0.25, 0.3) is 0 Å². The van der Waals surface area contributed by atoms with Crippen LogP contribution in [0.3, 0.4) is 0 Å². The van der Waals surface area contributed by atoms with Crippen molar-refractivity contribution in [1.82, 2.24) is 5.32 Å². The molecule has 2 fully saturated rings. The predicted octanol–water partition coefficient (Wildman–Crippen LogP) is 2.26. The maximum Gasteiger partial charge on any atom is 0.157 e. The van der Waals surface area contributed by atoms with Gasteiger partial charge in [-0.25, -0.2) is 8.42 Å². The lowest BCUT2D eigenvalue weighted by Gasteiger charge is -2.33. The number of hydrogen-bond donors (Lipinski definition) is 1. The van der Waals surface area contributed by atoms with Crippen molar-refractivity contribution in [2.45, 2.75) is 74.8 Å². The van der Waals surface area contributed by atoms with Crippen LogP contribution < -0.4 is 5.32 Å². The van der Waals surface area contributed by atoms with E-state index in [1.165, 1.54) is 6.42 Å². The molecule has 17 heavy (non-hydrogen) atoms. The maximum atomic E-state index is 12.6. The summed E-state index contributed by atoms with van der Waals surface area (Å²) in [7, 11) is -2.90. The minimum absolute atomic E-state index is 0.0354. The molecule has 1 N–H and O–H groups in total. The minimum Gasteiger partial charge on any atom is -0.313 e. The first-order chi connectivity index (χ1) is 8.16. The summed E-state index contributed by atoms with van der Waals surface area (Å²) in [5, 5.41) is 3.24. The second kappa shape index (κ2) is 5.70. The summed E-state index contributed by atoms with van der Waals surface area (Å²) < 4.78 is 25.3. The van der Waals surface area contributed by atoms with Gasteiger partial charge in [-0.3, -0.25) is 0 Å². The number of rotatable bonds is 4. The summed E-state index contributed by atoms with van der Waals surface area (Å²) in [6, 6.07) is 0.208. The minimum atomic E-state index is -2.90. The molecule has 2 aliphatic carbocycles. The molecule has 0 aromatic carbocycles. The van der Waals surface area contributed by atoms with Crippen LogP contribution in [0.5, 0.6) is 0 Å². The van der Waals surface area contributed by atoms with Crippen molar-refractivity contribution in [2.24, 2.45) is 0 Å². The van der Waals surface area contributed by atoms with E-state index in [-0.39, 0.29) is 16.5 Å². The van der Waals surface area contributed by atoms with Gasteiger partial charge in [0.2, 0.25) is 0 Å². The number of nitrogens with one attached hydrogen (secondary N) is 1. The number of sulfone groups is 1. The second-order valence-corrected chi connectivity index (χ2v) is 7.93. The van der Waals surface area contributed by atoms with Gasteiger partial charge in [0.1, 0.15) is 0 Å². The molecule has 2 atom stereocenters. The molecule has 0 aromatic heterocycles. The van der Waals surface area contributed by atoms with E-state index in [0.717, 1.165) is 51.5 Å². The summed E-state index contributed by atoms with van der Waals surface area (Å²) in [5.41, 5.74) is 0. The average molecular weight is 259 g/mol. The molecule has 0 spiro atoms. The van der Waals surface area contributed by atoms with Crippen LogP contribution in [0.25, 0.3) is 0 Å². The normalized spacial score (nSPS) is 31.8. The molecule has 0 bridgehead atoms. The third kappa shape index (κ3) is 2.84. The van der Waals surface area contributed by atoms with Crippen molar-refractivity contribution >= 4 is 9.84 Å². The Hall–Kier alpha value is -0.0900. The second-order valence-electron chi connectivity index (χ2n) is 5.48. The maximum absolute atomic E-state index is 12.6. The Morgan fingerprint density at radius 3 is 2.24 bits per heavy atom. The lowest BCUT2D eigenvalue weighted by Crippen LogP contribution is -2.48. The van der Waals surface area contributed by atoms with E-state index in [1.54, 1.807) is 0 Å². The van der Waals surface area contributed by atoms with E-state index in [0.29, 0.717) is 0 Å². The first-order valence-electron chi connectivity index (χ1n) is 7.12. The molecule has 0 aromatic rings. The van der Waals surface area contributed by atoms with E-state index in [4.69, 9.17) is 0 Å². The van der Waals surface area contributed by atoms with Crippen LogP contribution in [0.4, 0.5) is 0 Å². The van der Waals surface area contributed by atoms with Crippen LogP contribution in [0.2, 0.25) is 0 Å². The predicted molar refractivity (Wildman–Crippen MR) is 70.9 cm³/mol. The average Bonchev–Trinajstić information content (AvgIpc) is 2.84. The van der Waals surface area contributed by atoms with E-state index in [2.05, 4.69) is 12.2 Å². The van der Waals surface area contributed by atoms with Gasteiger partial charge < -0.3 is 5.32 Å². The molecule has 0 radical (unpaired) electrons. The van der Waals surface area contributed by atoms with Crippen molar-refractivity contribution in [3.63, 3.8) is 0 Å². The quantitative estimate of drug-likeness (QED) is 0.842. The van der Waals surface area contributed by atoms with Gasteiger partial charge in [-0.1, -0.05) is 32.6 Å². The Labute approximate surface area is 105 Å². The summed E-state index contributed by atoms with van der Waals surface area (Å²) in [6.07, 6.45) is 8.16. The molecule has 2 rings (SSSR count). The van der Waals surface area contributed by atoms with Crippen molar-refractivity contribution in [2.75, 3.05) is 6.54 Å². The summed E-state index contributed by atoms with van der Waals surface area (Å²) in [4.78, 5) is 0.